The number of piperazine rings is 1. The van der Waals surface area contributed by atoms with Gasteiger partial charge in [0.25, 0.3) is 0 Å². The number of carboxylic acid groups (broad SMARTS) is 1. The lowest BCUT2D eigenvalue weighted by atomic mass is 9.76. The Hall–Kier alpha value is -2.53. The monoisotopic (exact) mass is 381 g/mol. The number of rotatable bonds is 8. The number of nitrogens with zero attached hydrogens (tertiary/aromatic N) is 2. The molecule has 1 atom stereocenters. The van der Waals surface area contributed by atoms with Gasteiger partial charge in [0.15, 0.2) is 0 Å². The van der Waals surface area contributed by atoms with Gasteiger partial charge in [-0.05, 0) is 49.2 Å². The zero-order valence-electron chi connectivity index (χ0n) is 16.7. The summed E-state index contributed by atoms with van der Waals surface area (Å²) in [5.41, 5.74) is 8.60. The first-order valence-corrected chi connectivity index (χ1v) is 10.1. The first-order chi connectivity index (χ1) is 13.5. The zero-order chi connectivity index (χ0) is 20.0. The molecule has 2 aromatic rings. The number of aliphatic carboxylic acids is 1. The molecule has 0 spiro atoms. The Bertz CT molecular complexity index is 755. The first-order valence-electron chi connectivity index (χ1n) is 10.1. The van der Waals surface area contributed by atoms with Gasteiger partial charge in [-0.25, -0.2) is 0 Å². The van der Waals surface area contributed by atoms with Gasteiger partial charge in [-0.3, -0.25) is 9.69 Å². The molecular weight excluding hydrogens is 350 g/mol. The molecule has 3 rings (SSSR count). The van der Waals surface area contributed by atoms with E-state index in [0.717, 1.165) is 56.8 Å². The van der Waals surface area contributed by atoms with Crippen molar-refractivity contribution in [3.05, 3.63) is 60.2 Å². The lowest BCUT2D eigenvalue weighted by Gasteiger charge is -2.37. The average molecular weight is 382 g/mol. The predicted octanol–water partition coefficient (Wildman–Crippen LogP) is 3.60. The van der Waals surface area contributed by atoms with Crippen LogP contribution in [0.4, 0.5) is 11.4 Å². The smallest absolute Gasteiger partial charge is 0.304 e. The van der Waals surface area contributed by atoms with Gasteiger partial charge in [-0.1, -0.05) is 37.3 Å². The van der Waals surface area contributed by atoms with Crippen molar-refractivity contribution in [2.75, 3.05) is 43.4 Å². The van der Waals surface area contributed by atoms with Crippen LogP contribution in [0.15, 0.2) is 54.6 Å². The van der Waals surface area contributed by atoms with Crippen molar-refractivity contribution in [3.8, 4) is 0 Å². The highest BCUT2D eigenvalue weighted by atomic mass is 16.4. The van der Waals surface area contributed by atoms with Crippen LogP contribution in [0.25, 0.3) is 0 Å². The molecule has 1 fully saturated rings. The Kier molecular flexibility index (Phi) is 6.57. The molecule has 0 aliphatic carbocycles. The highest BCUT2D eigenvalue weighted by Crippen LogP contribution is 2.33. The van der Waals surface area contributed by atoms with Crippen LogP contribution in [0.3, 0.4) is 0 Å². The quantitative estimate of drug-likeness (QED) is 0.684. The molecule has 28 heavy (non-hydrogen) atoms. The SMILES string of the molecule is CC(CCCN1CCN(c2ccc(N)cc2)CC1)(CC(=O)O)c1ccccc1. The van der Waals surface area contributed by atoms with E-state index < -0.39 is 5.97 Å². The van der Waals surface area contributed by atoms with Crippen LogP contribution in [0.2, 0.25) is 0 Å². The van der Waals surface area contributed by atoms with Crippen molar-refractivity contribution in [3.63, 3.8) is 0 Å². The molecule has 0 saturated carbocycles. The van der Waals surface area contributed by atoms with Gasteiger partial charge < -0.3 is 15.7 Å². The van der Waals surface area contributed by atoms with E-state index >= 15 is 0 Å². The summed E-state index contributed by atoms with van der Waals surface area (Å²) < 4.78 is 0. The minimum atomic E-state index is -0.733. The molecule has 1 unspecified atom stereocenters. The maximum atomic E-state index is 11.4. The molecular formula is C23H31N3O2. The van der Waals surface area contributed by atoms with Crippen molar-refractivity contribution in [1.29, 1.82) is 0 Å². The van der Waals surface area contributed by atoms with Gasteiger partial charge in [0.2, 0.25) is 0 Å². The van der Waals surface area contributed by atoms with E-state index in [4.69, 9.17) is 5.73 Å². The molecule has 2 aromatic carbocycles. The van der Waals surface area contributed by atoms with Gasteiger partial charge in [0.1, 0.15) is 0 Å². The number of nitrogens with two attached hydrogens (primary N) is 1. The van der Waals surface area contributed by atoms with Gasteiger partial charge in [0.05, 0.1) is 6.42 Å². The standard InChI is InChI=1S/C23H31N3O2/c1-23(18-22(27)28,19-6-3-2-4-7-19)12-5-13-25-14-16-26(17-15-25)21-10-8-20(24)9-11-21/h2-4,6-11H,5,12-18,24H2,1H3,(H,27,28). The van der Waals surface area contributed by atoms with E-state index in [-0.39, 0.29) is 11.8 Å². The van der Waals surface area contributed by atoms with E-state index in [9.17, 15) is 9.90 Å². The molecule has 5 heteroatoms. The lowest BCUT2D eigenvalue weighted by molar-refractivity contribution is -0.138. The highest BCUT2D eigenvalue weighted by molar-refractivity contribution is 5.69. The van der Waals surface area contributed by atoms with E-state index in [2.05, 4.69) is 28.9 Å². The molecule has 1 heterocycles. The molecule has 1 aliphatic heterocycles. The molecule has 0 aromatic heterocycles. The number of anilines is 2. The zero-order valence-corrected chi connectivity index (χ0v) is 16.7. The summed E-state index contributed by atoms with van der Waals surface area (Å²) in [6.07, 6.45) is 2.05. The maximum absolute atomic E-state index is 11.4. The fraction of sp³-hybridized carbons (Fsp3) is 0.435. The molecule has 0 radical (unpaired) electrons. The number of benzene rings is 2. The Labute approximate surface area is 167 Å². The third-order valence-electron chi connectivity index (χ3n) is 5.85. The normalized spacial score (nSPS) is 17.2. The Balaban J connectivity index is 1.50. The topological polar surface area (TPSA) is 69.8 Å². The minimum absolute atomic E-state index is 0.169. The molecule has 1 saturated heterocycles. The van der Waals surface area contributed by atoms with E-state index in [1.807, 2.05) is 42.5 Å². The second kappa shape index (κ2) is 9.11. The Morgan fingerprint density at radius 2 is 1.68 bits per heavy atom. The molecule has 150 valence electrons. The molecule has 0 amide bonds. The summed E-state index contributed by atoms with van der Waals surface area (Å²) in [6, 6.07) is 18.1. The number of hydrogen-bond donors (Lipinski definition) is 2. The van der Waals surface area contributed by atoms with E-state index in [1.54, 1.807) is 0 Å². The Morgan fingerprint density at radius 1 is 1.04 bits per heavy atom. The number of carbonyl (C=O) groups is 1. The van der Waals surface area contributed by atoms with Crippen LogP contribution >= 0.6 is 0 Å². The van der Waals surface area contributed by atoms with Crippen molar-refractivity contribution >= 4 is 17.3 Å². The summed E-state index contributed by atoms with van der Waals surface area (Å²) in [6.45, 7) is 7.17. The van der Waals surface area contributed by atoms with Gasteiger partial charge in [-0.15, -0.1) is 0 Å². The largest absolute Gasteiger partial charge is 0.481 e. The van der Waals surface area contributed by atoms with Crippen LogP contribution in [-0.2, 0) is 10.2 Å². The minimum Gasteiger partial charge on any atom is -0.481 e. The van der Waals surface area contributed by atoms with Gasteiger partial charge in [0, 0.05) is 43.0 Å². The average Bonchev–Trinajstić information content (AvgIpc) is 2.69. The summed E-state index contributed by atoms with van der Waals surface area (Å²) in [7, 11) is 0. The Morgan fingerprint density at radius 3 is 2.29 bits per heavy atom. The van der Waals surface area contributed by atoms with Crippen molar-refractivity contribution in [2.45, 2.75) is 31.6 Å². The van der Waals surface area contributed by atoms with Crippen molar-refractivity contribution in [2.24, 2.45) is 0 Å². The fourth-order valence-corrected chi connectivity index (χ4v) is 4.12. The third-order valence-corrected chi connectivity index (χ3v) is 5.85. The van der Waals surface area contributed by atoms with Crippen LogP contribution < -0.4 is 10.6 Å². The fourth-order valence-electron chi connectivity index (χ4n) is 4.12. The summed E-state index contributed by atoms with van der Waals surface area (Å²) >= 11 is 0. The van der Waals surface area contributed by atoms with Gasteiger partial charge in [-0.2, -0.15) is 0 Å². The first kappa shape index (κ1) is 20.2. The molecule has 3 N–H and O–H groups in total. The van der Waals surface area contributed by atoms with Crippen molar-refractivity contribution < 1.29 is 9.90 Å². The van der Waals surface area contributed by atoms with E-state index in [1.165, 1.54) is 5.69 Å². The van der Waals surface area contributed by atoms with Crippen LogP contribution in [0.1, 0.15) is 31.7 Å². The van der Waals surface area contributed by atoms with Crippen LogP contribution in [0, 0.1) is 0 Å². The molecule has 1 aliphatic rings. The molecule has 5 nitrogen and oxygen atoms in total. The van der Waals surface area contributed by atoms with Gasteiger partial charge >= 0.3 is 5.97 Å². The van der Waals surface area contributed by atoms with E-state index in [0.29, 0.717) is 0 Å². The molecule has 0 bridgehead atoms. The van der Waals surface area contributed by atoms with Crippen molar-refractivity contribution in [1.82, 2.24) is 4.90 Å². The van der Waals surface area contributed by atoms with Crippen LogP contribution in [0.5, 0.6) is 0 Å². The van der Waals surface area contributed by atoms with Crippen LogP contribution in [-0.4, -0.2) is 48.7 Å². The summed E-state index contributed by atoms with van der Waals surface area (Å²) in [4.78, 5) is 16.3. The maximum Gasteiger partial charge on any atom is 0.304 e. The second-order valence-corrected chi connectivity index (χ2v) is 8.02. The lowest BCUT2D eigenvalue weighted by Crippen LogP contribution is -2.46. The third kappa shape index (κ3) is 5.26. The second-order valence-electron chi connectivity index (χ2n) is 8.02. The predicted molar refractivity (Wildman–Crippen MR) is 115 cm³/mol. The summed E-state index contributed by atoms with van der Waals surface area (Å²) in [5, 5.41) is 9.39. The number of hydrogen-bond acceptors (Lipinski definition) is 4. The summed E-state index contributed by atoms with van der Waals surface area (Å²) in [5.74, 6) is -0.733. The number of carboxylic acids is 1. The highest BCUT2D eigenvalue weighted by Gasteiger charge is 2.29. The number of nitrogen functional groups attached to an aromatic ring is 1.